The van der Waals surface area contributed by atoms with Gasteiger partial charge in [0.15, 0.2) is 0 Å². The van der Waals surface area contributed by atoms with Crippen LogP contribution in [0, 0.1) is 10.1 Å². The summed E-state index contributed by atoms with van der Waals surface area (Å²) in [6.45, 7) is 1.89. The normalized spacial score (nSPS) is 12.2. The second kappa shape index (κ2) is 6.05. The number of nitrogens with zero attached hydrogens (tertiary/aromatic N) is 1. The maximum absolute atomic E-state index is 10.6. The van der Waals surface area contributed by atoms with E-state index in [0.29, 0.717) is 12.1 Å². The zero-order valence-corrected chi connectivity index (χ0v) is 10.6. The van der Waals surface area contributed by atoms with Gasteiger partial charge in [0, 0.05) is 24.8 Å². The van der Waals surface area contributed by atoms with E-state index in [1.807, 2.05) is 6.92 Å². The monoisotopic (exact) mass is 278 g/mol. The minimum absolute atomic E-state index is 0.0311. The van der Waals surface area contributed by atoms with Crippen molar-refractivity contribution in [3.63, 3.8) is 0 Å². The number of hydrogen-bond donors (Lipinski definition) is 2. The Morgan fingerprint density at radius 3 is 2.41 bits per heavy atom. The first-order valence-electron chi connectivity index (χ1n) is 4.96. The molecular formula is C10H12Cl2N2O3. The molecule has 94 valence electrons. The molecule has 0 saturated heterocycles. The van der Waals surface area contributed by atoms with Crippen LogP contribution in [0.2, 0.25) is 10.0 Å². The van der Waals surface area contributed by atoms with Gasteiger partial charge in [-0.05, 0) is 13.3 Å². The first-order chi connectivity index (χ1) is 7.95. The summed E-state index contributed by atoms with van der Waals surface area (Å²) in [5.74, 6) is 0. The lowest BCUT2D eigenvalue weighted by Gasteiger charge is -2.16. The van der Waals surface area contributed by atoms with Crippen LogP contribution in [0.3, 0.4) is 0 Å². The zero-order valence-electron chi connectivity index (χ0n) is 9.11. The first kappa shape index (κ1) is 14.0. The molecule has 1 rings (SSSR count). The highest BCUT2D eigenvalue weighted by Crippen LogP contribution is 2.35. The van der Waals surface area contributed by atoms with Crippen LogP contribution in [0.5, 0.6) is 0 Å². The fourth-order valence-corrected chi connectivity index (χ4v) is 1.90. The Kier molecular flexibility index (Phi) is 4.99. The number of aliphatic hydroxyl groups excluding tert-OH is 1. The minimum Gasteiger partial charge on any atom is -0.396 e. The Bertz CT molecular complexity index is 403. The molecule has 0 amide bonds. The molecule has 2 N–H and O–H groups in total. The predicted octanol–water partition coefficient (Wildman–Crippen LogP) is 3.08. The van der Waals surface area contributed by atoms with Crippen molar-refractivity contribution in [1.29, 1.82) is 0 Å². The standard InChI is InChI=1S/C10H12Cl2N2O3/c1-6(2-3-15)13-10-8(11)4-7(14(16)17)5-9(10)12/h4-6,13,15H,2-3H2,1H3. The Hall–Kier alpha value is -1.04. The molecule has 0 saturated carbocycles. The Balaban J connectivity index is 2.97. The number of non-ortho nitro benzene ring substituents is 1. The molecule has 1 aromatic carbocycles. The topological polar surface area (TPSA) is 75.4 Å². The lowest BCUT2D eigenvalue weighted by Crippen LogP contribution is -2.17. The number of halogens is 2. The molecule has 0 fully saturated rings. The Morgan fingerprint density at radius 2 is 2.00 bits per heavy atom. The number of nitro benzene ring substituents is 1. The summed E-state index contributed by atoms with van der Waals surface area (Å²) in [5, 5.41) is 22.7. The van der Waals surface area contributed by atoms with Crippen LogP contribution in [0.15, 0.2) is 12.1 Å². The molecule has 0 aliphatic rings. The molecular weight excluding hydrogens is 267 g/mol. The van der Waals surface area contributed by atoms with Gasteiger partial charge in [0.05, 0.1) is 20.7 Å². The second-order valence-corrected chi connectivity index (χ2v) is 4.41. The predicted molar refractivity (Wildman–Crippen MR) is 67.9 cm³/mol. The molecule has 1 atom stereocenters. The molecule has 0 heterocycles. The molecule has 0 aliphatic carbocycles. The largest absolute Gasteiger partial charge is 0.396 e. The summed E-state index contributed by atoms with van der Waals surface area (Å²) in [6, 6.07) is 2.44. The fraction of sp³-hybridized carbons (Fsp3) is 0.400. The highest BCUT2D eigenvalue weighted by atomic mass is 35.5. The van der Waals surface area contributed by atoms with Gasteiger partial charge in [-0.1, -0.05) is 23.2 Å². The van der Waals surface area contributed by atoms with E-state index in [0.717, 1.165) is 0 Å². The Morgan fingerprint density at radius 1 is 1.47 bits per heavy atom. The van der Waals surface area contributed by atoms with Gasteiger partial charge in [0.2, 0.25) is 0 Å². The van der Waals surface area contributed by atoms with Crippen molar-refractivity contribution in [1.82, 2.24) is 0 Å². The quantitative estimate of drug-likeness (QED) is 0.641. The summed E-state index contributed by atoms with van der Waals surface area (Å²) in [4.78, 5) is 10.0. The van der Waals surface area contributed by atoms with E-state index in [1.165, 1.54) is 12.1 Å². The van der Waals surface area contributed by atoms with Crippen molar-refractivity contribution >= 4 is 34.6 Å². The minimum atomic E-state index is -0.557. The molecule has 7 heteroatoms. The van der Waals surface area contributed by atoms with E-state index in [2.05, 4.69) is 5.32 Å². The van der Waals surface area contributed by atoms with E-state index in [-0.39, 0.29) is 28.4 Å². The third kappa shape index (κ3) is 3.73. The average Bonchev–Trinajstić information content (AvgIpc) is 2.23. The summed E-state index contributed by atoms with van der Waals surface area (Å²) >= 11 is 11.8. The van der Waals surface area contributed by atoms with Crippen molar-refractivity contribution in [2.75, 3.05) is 11.9 Å². The van der Waals surface area contributed by atoms with Gasteiger partial charge in [0.1, 0.15) is 0 Å². The van der Waals surface area contributed by atoms with Gasteiger partial charge in [-0.3, -0.25) is 10.1 Å². The van der Waals surface area contributed by atoms with Crippen LogP contribution in [0.4, 0.5) is 11.4 Å². The maximum Gasteiger partial charge on any atom is 0.272 e. The van der Waals surface area contributed by atoms with Crippen molar-refractivity contribution in [2.24, 2.45) is 0 Å². The third-order valence-corrected chi connectivity index (χ3v) is 2.79. The summed E-state index contributed by atoms with van der Waals surface area (Å²) in [7, 11) is 0. The van der Waals surface area contributed by atoms with E-state index in [1.54, 1.807) is 0 Å². The van der Waals surface area contributed by atoms with Crippen LogP contribution in [0.1, 0.15) is 13.3 Å². The van der Waals surface area contributed by atoms with Gasteiger partial charge in [-0.25, -0.2) is 0 Å². The smallest absolute Gasteiger partial charge is 0.272 e. The summed E-state index contributed by atoms with van der Waals surface area (Å²) < 4.78 is 0. The van der Waals surface area contributed by atoms with Crippen molar-refractivity contribution in [3.05, 3.63) is 32.3 Å². The first-order valence-corrected chi connectivity index (χ1v) is 5.72. The SMILES string of the molecule is CC(CCO)Nc1c(Cl)cc([N+](=O)[O-])cc1Cl. The fourth-order valence-electron chi connectivity index (χ4n) is 1.32. The molecule has 0 spiro atoms. The van der Waals surface area contributed by atoms with Crippen LogP contribution in [-0.4, -0.2) is 22.7 Å². The Labute approximate surface area is 108 Å². The van der Waals surface area contributed by atoms with Crippen LogP contribution < -0.4 is 5.32 Å². The third-order valence-electron chi connectivity index (χ3n) is 2.19. The number of rotatable bonds is 5. The number of hydrogen-bond acceptors (Lipinski definition) is 4. The second-order valence-electron chi connectivity index (χ2n) is 3.60. The van der Waals surface area contributed by atoms with Gasteiger partial charge in [-0.2, -0.15) is 0 Å². The van der Waals surface area contributed by atoms with Crippen LogP contribution in [-0.2, 0) is 0 Å². The summed E-state index contributed by atoms with van der Waals surface area (Å²) in [6.07, 6.45) is 0.531. The molecule has 0 aromatic heterocycles. The van der Waals surface area contributed by atoms with E-state index in [4.69, 9.17) is 28.3 Å². The molecule has 1 unspecified atom stereocenters. The summed E-state index contributed by atoms with van der Waals surface area (Å²) in [5.41, 5.74) is 0.292. The number of anilines is 1. The molecule has 1 aromatic rings. The van der Waals surface area contributed by atoms with E-state index < -0.39 is 4.92 Å². The number of nitrogens with one attached hydrogen (secondary N) is 1. The molecule has 0 radical (unpaired) electrons. The van der Waals surface area contributed by atoms with Crippen LogP contribution >= 0.6 is 23.2 Å². The zero-order chi connectivity index (χ0) is 13.0. The van der Waals surface area contributed by atoms with Gasteiger partial charge in [-0.15, -0.1) is 0 Å². The van der Waals surface area contributed by atoms with Crippen LogP contribution in [0.25, 0.3) is 0 Å². The molecule has 17 heavy (non-hydrogen) atoms. The molecule has 5 nitrogen and oxygen atoms in total. The average molecular weight is 279 g/mol. The highest BCUT2D eigenvalue weighted by Gasteiger charge is 2.15. The lowest BCUT2D eigenvalue weighted by atomic mass is 10.2. The van der Waals surface area contributed by atoms with Crippen molar-refractivity contribution in [2.45, 2.75) is 19.4 Å². The molecule has 0 aliphatic heterocycles. The lowest BCUT2D eigenvalue weighted by molar-refractivity contribution is -0.384. The van der Waals surface area contributed by atoms with Gasteiger partial charge in [0.25, 0.3) is 5.69 Å². The highest BCUT2D eigenvalue weighted by molar-refractivity contribution is 6.39. The van der Waals surface area contributed by atoms with Crippen molar-refractivity contribution in [3.8, 4) is 0 Å². The maximum atomic E-state index is 10.6. The van der Waals surface area contributed by atoms with E-state index in [9.17, 15) is 10.1 Å². The number of nitro groups is 1. The van der Waals surface area contributed by atoms with Gasteiger partial charge >= 0.3 is 0 Å². The van der Waals surface area contributed by atoms with Gasteiger partial charge < -0.3 is 10.4 Å². The molecule has 0 bridgehead atoms. The van der Waals surface area contributed by atoms with Crippen molar-refractivity contribution < 1.29 is 10.0 Å². The van der Waals surface area contributed by atoms with E-state index >= 15 is 0 Å². The number of aliphatic hydroxyl groups is 1. The number of benzene rings is 1.